The number of rotatable bonds is 7. The van der Waals surface area contributed by atoms with Crippen LogP contribution < -0.4 is 5.32 Å². The third-order valence-electron chi connectivity index (χ3n) is 5.67. The van der Waals surface area contributed by atoms with Crippen LogP contribution in [-0.4, -0.2) is 50.1 Å². The van der Waals surface area contributed by atoms with Gasteiger partial charge in [0, 0.05) is 29.8 Å². The molecule has 2 aromatic carbocycles. The van der Waals surface area contributed by atoms with Crippen molar-refractivity contribution in [3.05, 3.63) is 87.6 Å². The SMILES string of the molecule is COCCN1C(=O)c2ccccc2[C@H](C(=O)Nc2ccc(C(=O)OC)cc2)[C@H]1c1cccs1. The zero-order valence-electron chi connectivity index (χ0n) is 18.3. The third-order valence-corrected chi connectivity index (χ3v) is 6.61. The van der Waals surface area contributed by atoms with Crippen LogP contribution in [0.4, 0.5) is 5.69 Å². The van der Waals surface area contributed by atoms with Crippen LogP contribution >= 0.6 is 11.3 Å². The fourth-order valence-corrected chi connectivity index (χ4v) is 4.99. The molecule has 1 aromatic heterocycles. The Labute approximate surface area is 195 Å². The summed E-state index contributed by atoms with van der Waals surface area (Å²) in [5.74, 6) is -1.41. The minimum Gasteiger partial charge on any atom is -0.465 e. The Morgan fingerprint density at radius 3 is 2.45 bits per heavy atom. The number of nitrogens with one attached hydrogen (secondary N) is 1. The number of hydrogen-bond donors (Lipinski definition) is 1. The average molecular weight is 465 g/mol. The van der Waals surface area contributed by atoms with Crippen LogP contribution in [0.3, 0.4) is 0 Å². The molecule has 0 bridgehead atoms. The molecule has 2 atom stereocenters. The summed E-state index contributed by atoms with van der Waals surface area (Å²) in [6.45, 7) is 0.725. The molecule has 0 unspecified atom stereocenters. The number of benzene rings is 2. The highest BCUT2D eigenvalue weighted by molar-refractivity contribution is 7.10. The minimum atomic E-state index is -0.616. The molecule has 3 aromatic rings. The van der Waals surface area contributed by atoms with Crippen LogP contribution in [0.1, 0.15) is 43.1 Å². The zero-order valence-corrected chi connectivity index (χ0v) is 19.1. The molecule has 0 radical (unpaired) electrons. The van der Waals surface area contributed by atoms with E-state index >= 15 is 0 Å². The van der Waals surface area contributed by atoms with Crippen LogP contribution in [0.2, 0.25) is 0 Å². The average Bonchev–Trinajstić information content (AvgIpc) is 3.38. The Bertz CT molecular complexity index is 1140. The fraction of sp³-hybridized carbons (Fsp3) is 0.240. The monoisotopic (exact) mass is 464 g/mol. The number of carbonyl (C=O) groups is 3. The molecule has 0 aliphatic carbocycles. The van der Waals surface area contributed by atoms with Crippen LogP contribution in [0.15, 0.2) is 66.0 Å². The van der Waals surface area contributed by atoms with E-state index in [0.29, 0.717) is 35.5 Å². The summed E-state index contributed by atoms with van der Waals surface area (Å²) in [6.07, 6.45) is 0. The smallest absolute Gasteiger partial charge is 0.337 e. The van der Waals surface area contributed by atoms with Crippen molar-refractivity contribution < 1.29 is 23.9 Å². The highest BCUT2D eigenvalue weighted by Gasteiger charge is 2.44. The van der Waals surface area contributed by atoms with E-state index in [0.717, 1.165) is 4.88 Å². The Balaban J connectivity index is 1.72. The van der Waals surface area contributed by atoms with Crippen LogP contribution in [0, 0.1) is 0 Å². The standard InChI is InChI=1S/C25H24N2O5S/c1-31-14-13-27-22(20-8-5-15-33-20)21(18-6-3-4-7-19(18)24(27)29)23(28)26-17-11-9-16(10-12-17)25(30)32-2/h3-12,15,21-22H,13-14H2,1-2H3,(H,26,28)/t21-,22+/m0/s1. The van der Waals surface area contributed by atoms with Gasteiger partial charge in [0.25, 0.3) is 5.91 Å². The first kappa shape index (κ1) is 22.7. The summed E-state index contributed by atoms with van der Waals surface area (Å²) in [4.78, 5) is 41.4. The Morgan fingerprint density at radius 1 is 1.03 bits per heavy atom. The largest absolute Gasteiger partial charge is 0.465 e. The van der Waals surface area contributed by atoms with E-state index in [2.05, 4.69) is 5.32 Å². The highest BCUT2D eigenvalue weighted by Crippen LogP contribution is 2.44. The summed E-state index contributed by atoms with van der Waals surface area (Å²) in [5, 5.41) is 4.90. The molecule has 1 N–H and O–H groups in total. The van der Waals surface area contributed by atoms with Crippen molar-refractivity contribution in [2.45, 2.75) is 12.0 Å². The normalized spacial score (nSPS) is 17.4. The molecule has 1 aliphatic rings. The van der Waals surface area contributed by atoms with E-state index in [4.69, 9.17) is 9.47 Å². The molecule has 0 saturated carbocycles. The summed E-state index contributed by atoms with van der Waals surface area (Å²) < 4.78 is 9.98. The Morgan fingerprint density at radius 2 is 1.79 bits per heavy atom. The van der Waals surface area contributed by atoms with Gasteiger partial charge in [0.1, 0.15) is 0 Å². The minimum absolute atomic E-state index is 0.118. The van der Waals surface area contributed by atoms with Crippen molar-refractivity contribution in [3.8, 4) is 0 Å². The first-order valence-electron chi connectivity index (χ1n) is 10.5. The van der Waals surface area contributed by atoms with Gasteiger partial charge < -0.3 is 19.7 Å². The van der Waals surface area contributed by atoms with Crippen LogP contribution in [-0.2, 0) is 14.3 Å². The van der Waals surface area contributed by atoms with E-state index in [9.17, 15) is 14.4 Å². The summed E-state index contributed by atoms with van der Waals surface area (Å²) in [6, 6.07) is 17.2. The van der Waals surface area contributed by atoms with Crippen molar-refractivity contribution in [1.82, 2.24) is 4.90 Å². The summed E-state index contributed by atoms with van der Waals surface area (Å²) in [7, 11) is 2.91. The molecule has 33 heavy (non-hydrogen) atoms. The second-order valence-corrected chi connectivity index (χ2v) is 8.55. The molecule has 0 saturated heterocycles. The van der Waals surface area contributed by atoms with E-state index in [-0.39, 0.29) is 11.8 Å². The second kappa shape index (κ2) is 9.97. The number of thiophene rings is 1. The first-order valence-corrected chi connectivity index (χ1v) is 11.3. The molecule has 2 amide bonds. The molecule has 4 rings (SSSR count). The molecule has 170 valence electrons. The maximum absolute atomic E-state index is 13.7. The maximum Gasteiger partial charge on any atom is 0.337 e. The lowest BCUT2D eigenvalue weighted by Crippen LogP contribution is -2.47. The van der Waals surface area contributed by atoms with Gasteiger partial charge in [0.05, 0.1) is 31.2 Å². The molecule has 0 spiro atoms. The molecular formula is C25H24N2O5S. The molecule has 8 heteroatoms. The van der Waals surface area contributed by atoms with Gasteiger partial charge in [-0.2, -0.15) is 0 Å². The number of amides is 2. The molecule has 7 nitrogen and oxygen atoms in total. The number of fused-ring (bicyclic) bond motifs is 1. The zero-order chi connectivity index (χ0) is 23.4. The quantitative estimate of drug-likeness (QED) is 0.532. The summed E-state index contributed by atoms with van der Waals surface area (Å²) in [5.41, 5.74) is 2.16. The molecular weight excluding hydrogens is 440 g/mol. The highest BCUT2D eigenvalue weighted by atomic mass is 32.1. The maximum atomic E-state index is 13.7. The first-order chi connectivity index (χ1) is 16.0. The van der Waals surface area contributed by atoms with Gasteiger partial charge in [0.15, 0.2) is 0 Å². The van der Waals surface area contributed by atoms with Crippen molar-refractivity contribution in [3.63, 3.8) is 0 Å². The van der Waals surface area contributed by atoms with Gasteiger partial charge in [-0.1, -0.05) is 24.3 Å². The molecule has 2 heterocycles. The van der Waals surface area contributed by atoms with Crippen LogP contribution in [0.25, 0.3) is 0 Å². The Kier molecular flexibility index (Phi) is 6.86. The van der Waals surface area contributed by atoms with Gasteiger partial charge in [-0.25, -0.2) is 4.79 Å². The number of nitrogens with zero attached hydrogens (tertiary/aromatic N) is 1. The number of methoxy groups -OCH3 is 2. The number of carbonyl (C=O) groups excluding carboxylic acids is 3. The number of esters is 1. The number of ether oxygens (including phenoxy) is 2. The second-order valence-electron chi connectivity index (χ2n) is 7.57. The predicted molar refractivity (Wildman–Crippen MR) is 126 cm³/mol. The van der Waals surface area contributed by atoms with E-state index < -0.39 is 17.9 Å². The van der Waals surface area contributed by atoms with E-state index in [1.54, 1.807) is 48.4 Å². The number of anilines is 1. The molecule has 1 aliphatic heterocycles. The van der Waals surface area contributed by atoms with Gasteiger partial charge >= 0.3 is 5.97 Å². The lowest BCUT2D eigenvalue weighted by atomic mass is 9.81. The van der Waals surface area contributed by atoms with Gasteiger partial charge in [0.2, 0.25) is 5.91 Å². The fourth-order valence-electron chi connectivity index (χ4n) is 4.11. The molecule has 0 fully saturated rings. The van der Waals surface area contributed by atoms with Crippen molar-refractivity contribution in [1.29, 1.82) is 0 Å². The van der Waals surface area contributed by atoms with E-state index in [1.165, 1.54) is 18.4 Å². The van der Waals surface area contributed by atoms with Crippen molar-refractivity contribution in [2.75, 3.05) is 32.7 Å². The number of hydrogen-bond acceptors (Lipinski definition) is 6. The van der Waals surface area contributed by atoms with Gasteiger partial charge in [-0.15, -0.1) is 11.3 Å². The topological polar surface area (TPSA) is 84.9 Å². The van der Waals surface area contributed by atoms with Gasteiger partial charge in [-0.3, -0.25) is 9.59 Å². The lowest BCUT2D eigenvalue weighted by Gasteiger charge is -2.41. The van der Waals surface area contributed by atoms with Gasteiger partial charge in [-0.05, 0) is 47.3 Å². The Hall–Kier alpha value is -3.49. The van der Waals surface area contributed by atoms with Crippen molar-refractivity contribution >= 4 is 34.8 Å². The summed E-state index contributed by atoms with van der Waals surface area (Å²) >= 11 is 1.51. The lowest BCUT2D eigenvalue weighted by molar-refractivity contribution is -0.119. The predicted octanol–water partition coefficient (Wildman–Crippen LogP) is 4.10. The van der Waals surface area contributed by atoms with E-state index in [1.807, 2.05) is 29.6 Å². The third kappa shape index (κ3) is 4.53. The van der Waals surface area contributed by atoms with Crippen molar-refractivity contribution in [2.24, 2.45) is 0 Å². The van der Waals surface area contributed by atoms with Crippen LogP contribution in [0.5, 0.6) is 0 Å².